The van der Waals surface area contributed by atoms with E-state index in [0.717, 1.165) is 22.3 Å². The molecule has 4 nitrogen and oxygen atoms in total. The molecule has 4 rings (SSSR count). The quantitative estimate of drug-likeness (QED) is 0.312. The minimum Gasteiger partial charge on any atom is -0.464 e. The van der Waals surface area contributed by atoms with Crippen molar-refractivity contribution in [3.05, 3.63) is 95.1 Å². The minimum absolute atomic E-state index is 0.0104. The number of aryl methyl sites for hydroxylation is 1. The number of benzene rings is 3. The SMILES string of the molecule is Cc1ccc(C(C)S(C)(=O)=NC(=S)CC(=O)OCC2c3ccccc3-c3ccccc32)cc1. The van der Waals surface area contributed by atoms with Gasteiger partial charge in [-0.2, -0.15) is 4.36 Å². The highest BCUT2D eigenvalue weighted by Gasteiger charge is 2.29. The van der Waals surface area contributed by atoms with Crippen molar-refractivity contribution in [1.82, 2.24) is 0 Å². The first-order valence-electron chi connectivity index (χ1n) is 10.9. The molecule has 0 bridgehead atoms. The highest BCUT2D eigenvalue weighted by Crippen LogP contribution is 2.44. The van der Waals surface area contributed by atoms with Gasteiger partial charge in [-0.1, -0.05) is 90.6 Å². The van der Waals surface area contributed by atoms with Crippen molar-refractivity contribution < 1.29 is 13.7 Å². The molecule has 1 aliphatic rings. The van der Waals surface area contributed by atoms with Crippen molar-refractivity contribution in [3.63, 3.8) is 0 Å². The summed E-state index contributed by atoms with van der Waals surface area (Å²) in [6, 6.07) is 24.2. The molecule has 6 heteroatoms. The van der Waals surface area contributed by atoms with Crippen LogP contribution in [0.1, 0.15) is 46.8 Å². The number of hydrogen-bond acceptors (Lipinski definition) is 4. The molecule has 0 aliphatic heterocycles. The first kappa shape index (κ1) is 23.3. The van der Waals surface area contributed by atoms with Crippen molar-refractivity contribution >= 4 is 32.9 Å². The van der Waals surface area contributed by atoms with Crippen molar-refractivity contribution in [2.45, 2.75) is 31.4 Å². The van der Waals surface area contributed by atoms with Crippen LogP contribution in [0.3, 0.4) is 0 Å². The number of esters is 1. The molecular weight excluding hydrogens is 450 g/mol. The number of fused-ring (bicyclic) bond motifs is 3. The molecular formula is C27H27NO3S2. The molecule has 33 heavy (non-hydrogen) atoms. The van der Waals surface area contributed by atoms with Crippen LogP contribution in [-0.4, -0.2) is 28.0 Å². The van der Waals surface area contributed by atoms with Gasteiger partial charge in [0, 0.05) is 12.2 Å². The molecule has 3 aromatic rings. The molecule has 0 fully saturated rings. The standard InChI is InChI=1S/C27H27NO3S2/c1-18-12-14-20(15-13-18)19(2)33(3,30)28-26(32)16-27(29)31-17-25-23-10-6-4-8-21(23)22-9-5-7-11-24(22)25/h4-15,19,25H,16-17H2,1-3H3. The summed E-state index contributed by atoms with van der Waals surface area (Å²) in [5, 5.41) is -0.307. The Morgan fingerprint density at radius 3 is 2.12 bits per heavy atom. The molecule has 0 N–H and O–H groups in total. The van der Waals surface area contributed by atoms with Gasteiger partial charge < -0.3 is 4.74 Å². The third-order valence-electron chi connectivity index (χ3n) is 6.15. The zero-order valence-corrected chi connectivity index (χ0v) is 20.6. The first-order valence-corrected chi connectivity index (χ1v) is 13.3. The van der Waals surface area contributed by atoms with Gasteiger partial charge in [-0.25, -0.2) is 4.21 Å². The fourth-order valence-electron chi connectivity index (χ4n) is 4.19. The molecule has 170 valence electrons. The highest BCUT2D eigenvalue weighted by molar-refractivity contribution is 7.94. The van der Waals surface area contributed by atoms with Gasteiger partial charge in [0.1, 0.15) is 11.6 Å². The van der Waals surface area contributed by atoms with E-state index in [4.69, 9.17) is 17.0 Å². The van der Waals surface area contributed by atoms with Gasteiger partial charge in [0.05, 0.1) is 21.4 Å². The second-order valence-corrected chi connectivity index (χ2v) is 11.6. The number of hydrogen-bond donors (Lipinski definition) is 0. The maximum atomic E-state index is 13.2. The zero-order valence-electron chi connectivity index (χ0n) is 19.0. The maximum Gasteiger partial charge on any atom is 0.312 e. The fourth-order valence-corrected chi connectivity index (χ4v) is 6.04. The van der Waals surface area contributed by atoms with Crippen LogP contribution in [0.2, 0.25) is 0 Å². The number of nitrogens with zero attached hydrogens (tertiary/aromatic N) is 1. The second-order valence-electron chi connectivity index (χ2n) is 8.49. The monoisotopic (exact) mass is 477 g/mol. The van der Waals surface area contributed by atoms with Gasteiger partial charge in [-0.05, 0) is 41.7 Å². The van der Waals surface area contributed by atoms with Gasteiger partial charge in [0.15, 0.2) is 0 Å². The third kappa shape index (κ3) is 5.07. The lowest BCUT2D eigenvalue weighted by atomic mass is 9.98. The summed E-state index contributed by atoms with van der Waals surface area (Å²) in [6.45, 7) is 4.11. The van der Waals surface area contributed by atoms with Gasteiger partial charge in [0.25, 0.3) is 0 Å². The number of rotatable bonds is 6. The Labute approximate surface area is 201 Å². The Morgan fingerprint density at radius 1 is 1.00 bits per heavy atom. The van der Waals surface area contributed by atoms with E-state index in [2.05, 4.69) is 28.6 Å². The first-order chi connectivity index (χ1) is 15.8. The fraction of sp³-hybridized carbons (Fsp3) is 0.259. The van der Waals surface area contributed by atoms with E-state index >= 15 is 0 Å². The van der Waals surface area contributed by atoms with Gasteiger partial charge in [-0.15, -0.1) is 0 Å². The Kier molecular flexibility index (Phi) is 6.77. The van der Waals surface area contributed by atoms with Crippen LogP contribution in [0.5, 0.6) is 0 Å². The Morgan fingerprint density at radius 2 is 1.55 bits per heavy atom. The number of ether oxygens (including phenoxy) is 1. The number of thiocarbonyl (C=S) groups is 1. The summed E-state index contributed by atoms with van der Waals surface area (Å²) in [5.74, 6) is -0.465. The van der Waals surface area contributed by atoms with E-state index in [1.807, 2.05) is 62.4 Å². The average molecular weight is 478 g/mol. The second kappa shape index (κ2) is 9.57. The Bertz CT molecular complexity index is 1280. The highest BCUT2D eigenvalue weighted by atomic mass is 32.2. The predicted molar refractivity (Wildman–Crippen MR) is 138 cm³/mol. The lowest BCUT2D eigenvalue weighted by molar-refractivity contribution is -0.142. The lowest BCUT2D eigenvalue weighted by Gasteiger charge is -2.15. The van der Waals surface area contributed by atoms with Crippen LogP contribution in [0, 0.1) is 6.92 Å². The van der Waals surface area contributed by atoms with Crippen molar-refractivity contribution in [1.29, 1.82) is 0 Å². The summed E-state index contributed by atoms with van der Waals surface area (Å²) in [7, 11) is -2.66. The van der Waals surface area contributed by atoms with Crippen molar-refractivity contribution in [2.24, 2.45) is 4.36 Å². The van der Waals surface area contributed by atoms with Crippen LogP contribution >= 0.6 is 12.2 Å². The summed E-state index contributed by atoms with van der Waals surface area (Å²) < 4.78 is 23.1. The average Bonchev–Trinajstić information content (AvgIpc) is 3.11. The molecule has 2 unspecified atom stereocenters. The summed E-state index contributed by atoms with van der Waals surface area (Å²) >= 11 is 5.30. The summed E-state index contributed by atoms with van der Waals surface area (Å²) in [5.41, 5.74) is 6.73. The smallest absolute Gasteiger partial charge is 0.312 e. The largest absolute Gasteiger partial charge is 0.464 e. The molecule has 0 heterocycles. The van der Waals surface area contributed by atoms with Crippen LogP contribution in [0.25, 0.3) is 11.1 Å². The van der Waals surface area contributed by atoms with Gasteiger partial charge in [0.2, 0.25) is 0 Å². The van der Waals surface area contributed by atoms with E-state index < -0.39 is 15.7 Å². The van der Waals surface area contributed by atoms with Crippen LogP contribution in [-0.2, 0) is 19.3 Å². The van der Waals surface area contributed by atoms with Crippen molar-refractivity contribution in [2.75, 3.05) is 12.9 Å². The van der Waals surface area contributed by atoms with Crippen LogP contribution in [0.15, 0.2) is 77.2 Å². The lowest BCUT2D eigenvalue weighted by Crippen LogP contribution is -2.16. The van der Waals surface area contributed by atoms with Gasteiger partial charge in [-0.3, -0.25) is 4.79 Å². The summed E-state index contributed by atoms with van der Waals surface area (Å²) in [6.07, 6.45) is 1.43. The molecule has 0 amide bonds. The van der Waals surface area contributed by atoms with E-state index in [1.165, 1.54) is 11.1 Å². The molecule has 0 spiro atoms. The van der Waals surface area contributed by atoms with Crippen LogP contribution in [0.4, 0.5) is 0 Å². The van der Waals surface area contributed by atoms with E-state index in [0.29, 0.717) is 0 Å². The summed E-state index contributed by atoms with van der Waals surface area (Å²) in [4.78, 5) is 12.6. The Balaban J connectivity index is 1.41. The van der Waals surface area contributed by atoms with E-state index in [-0.39, 0.29) is 29.2 Å². The molecule has 0 saturated heterocycles. The minimum atomic E-state index is -2.66. The molecule has 0 radical (unpaired) electrons. The van der Waals surface area contributed by atoms with Crippen molar-refractivity contribution in [3.8, 4) is 11.1 Å². The topological polar surface area (TPSA) is 55.7 Å². The van der Waals surface area contributed by atoms with E-state index in [9.17, 15) is 9.00 Å². The van der Waals surface area contributed by atoms with Crippen LogP contribution < -0.4 is 0 Å². The predicted octanol–water partition coefficient (Wildman–Crippen LogP) is 6.23. The zero-order chi connectivity index (χ0) is 23.6. The number of carbonyl (C=O) groups is 1. The Hall–Kier alpha value is -2.83. The molecule has 0 aromatic heterocycles. The molecule has 0 saturated carbocycles. The molecule has 2 atom stereocenters. The van der Waals surface area contributed by atoms with Gasteiger partial charge >= 0.3 is 5.97 Å². The molecule has 3 aromatic carbocycles. The third-order valence-corrected chi connectivity index (χ3v) is 8.67. The normalized spacial score (nSPS) is 15.1. The van der Waals surface area contributed by atoms with E-state index in [1.54, 1.807) is 6.26 Å². The number of carbonyl (C=O) groups excluding carboxylic acids is 1. The maximum absolute atomic E-state index is 13.2. The molecule has 1 aliphatic carbocycles.